The van der Waals surface area contributed by atoms with Crippen molar-refractivity contribution in [3.8, 4) is 5.75 Å². The molecular formula is C12H15N3O8S. The summed E-state index contributed by atoms with van der Waals surface area (Å²) in [5.74, 6) is 0.126. The molecule has 1 saturated heterocycles. The van der Waals surface area contributed by atoms with E-state index in [1.54, 1.807) is 0 Å². The number of aliphatic hydroxyl groups is 1. The Kier molecular flexibility index (Phi) is 4.91. The van der Waals surface area contributed by atoms with E-state index < -0.39 is 42.9 Å². The van der Waals surface area contributed by atoms with Crippen LogP contribution in [0.2, 0.25) is 0 Å². The summed E-state index contributed by atoms with van der Waals surface area (Å²) in [5.41, 5.74) is 1.24. The molecule has 2 atom stereocenters. The van der Waals surface area contributed by atoms with Crippen LogP contribution >= 0.6 is 0 Å². The van der Waals surface area contributed by atoms with Crippen LogP contribution in [0.3, 0.4) is 0 Å². The fraction of sp³-hybridized carbons (Fsp3) is 0.417. The minimum Gasteiger partial charge on any atom is -0.497 e. The van der Waals surface area contributed by atoms with Crippen LogP contribution in [0.4, 0.5) is 10.5 Å². The monoisotopic (exact) mass is 361 g/mol. The number of rotatable bonds is 5. The van der Waals surface area contributed by atoms with Gasteiger partial charge in [-0.1, -0.05) is 0 Å². The lowest BCUT2D eigenvalue weighted by atomic mass is 10.3. The molecule has 1 fully saturated rings. The van der Waals surface area contributed by atoms with Crippen LogP contribution in [-0.2, 0) is 9.84 Å². The summed E-state index contributed by atoms with van der Waals surface area (Å²) in [4.78, 5) is 20.4. The quantitative estimate of drug-likeness (QED) is 0.482. The first-order valence-corrected chi connectivity index (χ1v) is 8.22. The second kappa shape index (κ2) is 6.59. The minimum absolute atomic E-state index is 0.126. The molecule has 1 heterocycles. The molecule has 12 heteroatoms. The Morgan fingerprint density at radius 2 is 2.17 bits per heavy atom. The summed E-state index contributed by atoms with van der Waals surface area (Å²) >= 11 is 0. The van der Waals surface area contributed by atoms with Gasteiger partial charge in [-0.25, -0.2) is 13.2 Å². The third-order valence-corrected chi connectivity index (χ3v) is 5.76. The van der Waals surface area contributed by atoms with Gasteiger partial charge in [0.25, 0.3) is 5.69 Å². The van der Waals surface area contributed by atoms with E-state index in [1.165, 1.54) is 13.2 Å². The lowest BCUT2D eigenvalue weighted by molar-refractivity contribution is -0.387. The molecule has 2 rings (SSSR count). The molecule has 1 aliphatic rings. The Hall–Kier alpha value is -2.44. The summed E-state index contributed by atoms with van der Waals surface area (Å²) < 4.78 is 30.2. The van der Waals surface area contributed by atoms with E-state index in [0.717, 1.165) is 17.1 Å². The van der Waals surface area contributed by atoms with Gasteiger partial charge in [0.2, 0.25) is 0 Å². The van der Waals surface area contributed by atoms with Crippen LogP contribution in [0.5, 0.6) is 5.75 Å². The molecule has 1 aromatic carbocycles. The standard InChI is InChI=1S/C12H15N3O8S/c1-23-7-2-3-10(9(4-7)15(19)20)24(21,22)8-5-11(16)14(6-8)13-12(17)18/h2-4,8,11,13,16H,5-6H2,1H3,(H,17,18)/t8-,11-/m1/s1. The number of carbonyl (C=O) groups is 1. The number of nitro groups is 1. The zero-order valence-electron chi connectivity index (χ0n) is 12.4. The van der Waals surface area contributed by atoms with Crippen molar-refractivity contribution in [1.82, 2.24) is 10.4 Å². The van der Waals surface area contributed by atoms with Gasteiger partial charge in [0.15, 0.2) is 9.84 Å². The summed E-state index contributed by atoms with van der Waals surface area (Å²) in [7, 11) is -2.89. The molecule has 132 valence electrons. The third kappa shape index (κ3) is 3.39. The average molecular weight is 361 g/mol. The first-order valence-electron chi connectivity index (χ1n) is 6.67. The number of aliphatic hydroxyl groups excluding tert-OH is 1. The molecule has 0 bridgehead atoms. The number of nitro benzene ring substituents is 1. The molecule has 0 radical (unpaired) electrons. The molecule has 0 saturated carbocycles. The number of ether oxygens (including phenoxy) is 1. The highest BCUT2D eigenvalue weighted by Gasteiger charge is 2.42. The summed E-state index contributed by atoms with van der Waals surface area (Å²) in [6.07, 6.45) is -3.09. The van der Waals surface area contributed by atoms with Crippen molar-refractivity contribution in [3.05, 3.63) is 28.3 Å². The van der Waals surface area contributed by atoms with E-state index in [2.05, 4.69) is 0 Å². The highest BCUT2D eigenvalue weighted by molar-refractivity contribution is 7.92. The number of carboxylic acid groups (broad SMARTS) is 1. The highest BCUT2D eigenvalue weighted by Crippen LogP contribution is 2.33. The number of methoxy groups -OCH3 is 1. The Balaban J connectivity index is 2.38. The lowest BCUT2D eigenvalue weighted by Crippen LogP contribution is -2.45. The molecule has 1 aliphatic heterocycles. The molecule has 1 amide bonds. The summed E-state index contributed by atoms with van der Waals surface area (Å²) in [5, 5.41) is 29.2. The fourth-order valence-electron chi connectivity index (χ4n) is 2.43. The van der Waals surface area contributed by atoms with Gasteiger partial charge in [-0.05, 0) is 12.1 Å². The van der Waals surface area contributed by atoms with Crippen molar-refractivity contribution in [2.24, 2.45) is 0 Å². The van der Waals surface area contributed by atoms with Gasteiger partial charge >= 0.3 is 6.09 Å². The van der Waals surface area contributed by atoms with Gasteiger partial charge in [-0.3, -0.25) is 15.5 Å². The van der Waals surface area contributed by atoms with Crippen LogP contribution in [0, 0.1) is 10.1 Å². The maximum absolute atomic E-state index is 12.7. The largest absolute Gasteiger partial charge is 0.497 e. The van der Waals surface area contributed by atoms with Gasteiger partial charge in [-0.2, -0.15) is 5.01 Å². The molecule has 0 unspecified atom stereocenters. The Bertz CT molecular complexity index is 766. The van der Waals surface area contributed by atoms with Gasteiger partial charge in [0.1, 0.15) is 16.9 Å². The van der Waals surface area contributed by atoms with E-state index in [-0.39, 0.29) is 18.7 Å². The normalized spacial score (nSPS) is 21.4. The predicted molar refractivity (Wildman–Crippen MR) is 79.1 cm³/mol. The van der Waals surface area contributed by atoms with Crippen LogP contribution in [0.25, 0.3) is 0 Å². The molecule has 0 aromatic heterocycles. The summed E-state index contributed by atoms with van der Waals surface area (Å²) in [6.45, 7) is -0.334. The molecular weight excluding hydrogens is 346 g/mol. The lowest BCUT2D eigenvalue weighted by Gasteiger charge is -2.18. The highest BCUT2D eigenvalue weighted by atomic mass is 32.2. The predicted octanol–water partition coefficient (Wildman–Crippen LogP) is -0.0476. The van der Waals surface area contributed by atoms with E-state index in [1.807, 2.05) is 5.43 Å². The smallest absolute Gasteiger partial charge is 0.419 e. The van der Waals surface area contributed by atoms with E-state index in [4.69, 9.17) is 9.84 Å². The molecule has 11 nitrogen and oxygen atoms in total. The second-order valence-corrected chi connectivity index (χ2v) is 7.24. The van der Waals surface area contributed by atoms with Crippen molar-refractivity contribution in [2.75, 3.05) is 13.7 Å². The Labute approximate surface area is 136 Å². The topological polar surface area (TPSA) is 159 Å². The number of nitrogens with one attached hydrogen (secondary N) is 1. The van der Waals surface area contributed by atoms with Crippen molar-refractivity contribution >= 4 is 21.6 Å². The Morgan fingerprint density at radius 3 is 2.71 bits per heavy atom. The van der Waals surface area contributed by atoms with Gasteiger partial charge in [-0.15, -0.1) is 0 Å². The van der Waals surface area contributed by atoms with E-state index in [0.29, 0.717) is 0 Å². The van der Waals surface area contributed by atoms with Crippen molar-refractivity contribution in [1.29, 1.82) is 0 Å². The van der Waals surface area contributed by atoms with Gasteiger partial charge < -0.3 is 14.9 Å². The van der Waals surface area contributed by atoms with E-state index in [9.17, 15) is 28.4 Å². The maximum atomic E-state index is 12.7. The first-order chi connectivity index (χ1) is 11.2. The number of nitrogens with zero attached hydrogens (tertiary/aromatic N) is 2. The molecule has 1 aromatic rings. The van der Waals surface area contributed by atoms with Crippen molar-refractivity contribution in [2.45, 2.75) is 22.8 Å². The van der Waals surface area contributed by atoms with Crippen LogP contribution < -0.4 is 10.2 Å². The maximum Gasteiger partial charge on any atom is 0.419 e. The average Bonchev–Trinajstić information content (AvgIpc) is 2.87. The molecule has 24 heavy (non-hydrogen) atoms. The number of sulfone groups is 1. The summed E-state index contributed by atoms with van der Waals surface area (Å²) in [6, 6.07) is 3.33. The van der Waals surface area contributed by atoms with E-state index >= 15 is 0 Å². The van der Waals surface area contributed by atoms with Crippen LogP contribution in [0.15, 0.2) is 23.1 Å². The fourth-order valence-corrected chi connectivity index (χ4v) is 4.26. The number of hydrogen-bond acceptors (Lipinski definition) is 8. The zero-order chi connectivity index (χ0) is 18.1. The molecule has 0 spiro atoms. The molecule has 0 aliphatic carbocycles. The number of benzene rings is 1. The minimum atomic E-state index is -4.17. The number of hydrogen-bond donors (Lipinski definition) is 3. The van der Waals surface area contributed by atoms with Gasteiger partial charge in [0.05, 0.1) is 23.3 Å². The number of amides is 1. The molecule has 3 N–H and O–H groups in total. The number of hydrazine groups is 1. The third-order valence-electron chi connectivity index (χ3n) is 3.58. The SMILES string of the molecule is COc1ccc(S(=O)(=O)[C@@H]2C[C@@H](O)N(NC(=O)O)C2)c([N+](=O)[O-])c1. The Morgan fingerprint density at radius 1 is 1.50 bits per heavy atom. The van der Waals surface area contributed by atoms with Gasteiger partial charge in [0, 0.05) is 13.0 Å². The van der Waals surface area contributed by atoms with Crippen molar-refractivity contribution in [3.63, 3.8) is 0 Å². The second-order valence-electron chi connectivity index (χ2n) is 5.04. The first kappa shape index (κ1) is 17.9. The zero-order valence-corrected chi connectivity index (χ0v) is 13.3. The van der Waals surface area contributed by atoms with Crippen molar-refractivity contribution < 1.29 is 33.1 Å². The van der Waals surface area contributed by atoms with Crippen LogP contribution in [-0.4, -0.2) is 59.8 Å². The van der Waals surface area contributed by atoms with Crippen LogP contribution in [0.1, 0.15) is 6.42 Å².